The number of halogens is 2. The Kier molecular flexibility index (Phi) is 7.18. The van der Waals surface area contributed by atoms with Crippen molar-refractivity contribution in [1.29, 1.82) is 0 Å². The van der Waals surface area contributed by atoms with Gasteiger partial charge >= 0.3 is 0 Å². The Hall–Kier alpha value is -0.410. The Morgan fingerprint density at radius 1 is 1.19 bits per heavy atom. The van der Waals surface area contributed by atoms with E-state index in [0.29, 0.717) is 6.04 Å². The third-order valence-corrected chi connectivity index (χ3v) is 5.41. The molecule has 0 radical (unpaired) electrons. The summed E-state index contributed by atoms with van der Waals surface area (Å²) >= 11 is 3.57. The smallest absolute Gasteiger partial charge is 0.123 e. The van der Waals surface area contributed by atoms with Crippen LogP contribution in [0.4, 0.5) is 4.39 Å². The number of likely N-dealkylation sites (N-methyl/N-ethyl adjacent to an activating group) is 1. The third kappa shape index (κ3) is 5.37. The quantitative estimate of drug-likeness (QED) is 0.738. The minimum Gasteiger partial charge on any atom is -0.314 e. The van der Waals surface area contributed by atoms with Crippen molar-refractivity contribution < 1.29 is 4.39 Å². The second kappa shape index (κ2) is 8.89. The van der Waals surface area contributed by atoms with E-state index < -0.39 is 0 Å². The Morgan fingerprint density at radius 3 is 2.52 bits per heavy atom. The zero-order valence-electron chi connectivity index (χ0n) is 13.0. The molecule has 2 rings (SSSR count). The van der Waals surface area contributed by atoms with Gasteiger partial charge in [0.1, 0.15) is 5.82 Å². The van der Waals surface area contributed by atoms with Crippen molar-refractivity contribution in [2.24, 2.45) is 5.92 Å². The molecule has 21 heavy (non-hydrogen) atoms. The van der Waals surface area contributed by atoms with Crippen LogP contribution in [0.15, 0.2) is 22.7 Å². The van der Waals surface area contributed by atoms with E-state index in [2.05, 4.69) is 28.2 Å². The number of rotatable bonds is 5. The highest BCUT2D eigenvalue weighted by atomic mass is 79.9. The molecule has 0 aromatic heterocycles. The van der Waals surface area contributed by atoms with Crippen LogP contribution in [0.2, 0.25) is 0 Å². The summed E-state index contributed by atoms with van der Waals surface area (Å²) in [6.45, 7) is 3.14. The zero-order valence-corrected chi connectivity index (χ0v) is 14.6. The lowest BCUT2D eigenvalue weighted by Gasteiger charge is -2.30. The van der Waals surface area contributed by atoms with Gasteiger partial charge in [0.25, 0.3) is 0 Å². The molecule has 0 heterocycles. The molecule has 1 nitrogen and oxygen atoms in total. The topological polar surface area (TPSA) is 12.0 Å². The molecule has 1 aromatic rings. The summed E-state index contributed by atoms with van der Waals surface area (Å²) < 4.78 is 14.5. The minimum absolute atomic E-state index is 0.138. The van der Waals surface area contributed by atoms with E-state index in [0.717, 1.165) is 28.9 Å². The molecule has 1 saturated carbocycles. The zero-order chi connectivity index (χ0) is 15.1. The van der Waals surface area contributed by atoms with E-state index >= 15 is 0 Å². The van der Waals surface area contributed by atoms with E-state index in [9.17, 15) is 4.39 Å². The summed E-state index contributed by atoms with van der Waals surface area (Å²) in [4.78, 5) is 0. The first-order chi connectivity index (χ1) is 10.2. The van der Waals surface area contributed by atoms with Crippen molar-refractivity contribution in [3.05, 3.63) is 34.1 Å². The monoisotopic (exact) mass is 355 g/mol. The summed E-state index contributed by atoms with van der Waals surface area (Å²) in [5.41, 5.74) is 1.09. The summed E-state index contributed by atoms with van der Waals surface area (Å²) in [5, 5.41) is 3.65. The van der Waals surface area contributed by atoms with E-state index in [1.54, 1.807) is 6.07 Å². The molecule has 1 aliphatic carbocycles. The molecule has 0 bridgehead atoms. The SMILES string of the molecule is CCNC(Cc1cc(F)ccc1Br)C1CCCCCCC1. The number of nitrogens with one attached hydrogen (secondary N) is 1. The molecule has 1 fully saturated rings. The maximum absolute atomic E-state index is 13.5. The normalized spacial score (nSPS) is 19.0. The Bertz CT molecular complexity index is 427. The third-order valence-electron chi connectivity index (χ3n) is 4.63. The Morgan fingerprint density at radius 2 is 1.86 bits per heavy atom. The predicted molar refractivity (Wildman–Crippen MR) is 91.1 cm³/mol. The average molecular weight is 356 g/mol. The average Bonchev–Trinajstić information content (AvgIpc) is 2.42. The van der Waals surface area contributed by atoms with Crippen molar-refractivity contribution in [3.63, 3.8) is 0 Å². The Labute approximate surface area is 136 Å². The van der Waals surface area contributed by atoms with Gasteiger partial charge in [-0.05, 0) is 55.5 Å². The van der Waals surface area contributed by atoms with Crippen LogP contribution in [-0.4, -0.2) is 12.6 Å². The largest absolute Gasteiger partial charge is 0.314 e. The number of hydrogen-bond donors (Lipinski definition) is 1. The van der Waals surface area contributed by atoms with Crippen LogP contribution in [0.1, 0.15) is 57.4 Å². The molecule has 1 aromatic carbocycles. The maximum Gasteiger partial charge on any atom is 0.123 e. The van der Waals surface area contributed by atoms with Crippen molar-refractivity contribution in [2.75, 3.05) is 6.54 Å². The van der Waals surface area contributed by atoms with Crippen molar-refractivity contribution in [1.82, 2.24) is 5.32 Å². The van der Waals surface area contributed by atoms with Gasteiger partial charge < -0.3 is 5.32 Å². The molecule has 1 N–H and O–H groups in total. The van der Waals surface area contributed by atoms with E-state index in [4.69, 9.17) is 0 Å². The molecule has 0 amide bonds. The van der Waals surface area contributed by atoms with Crippen LogP contribution in [0.5, 0.6) is 0 Å². The van der Waals surface area contributed by atoms with Gasteiger partial charge in [-0.3, -0.25) is 0 Å². The first kappa shape index (κ1) is 17.0. The number of hydrogen-bond acceptors (Lipinski definition) is 1. The fourth-order valence-corrected chi connectivity index (χ4v) is 3.90. The van der Waals surface area contributed by atoms with Crippen molar-refractivity contribution in [3.8, 4) is 0 Å². The molecule has 0 saturated heterocycles. The molecule has 1 aliphatic rings. The summed E-state index contributed by atoms with van der Waals surface area (Å²) in [6.07, 6.45) is 10.4. The standard InChI is InChI=1S/C18H27BrFN/c1-2-21-18(14-8-6-4-3-5-7-9-14)13-15-12-16(20)10-11-17(15)19/h10-12,14,18,21H,2-9,13H2,1H3. The van der Waals surface area contributed by atoms with E-state index in [1.807, 2.05) is 6.07 Å². The van der Waals surface area contributed by atoms with Gasteiger partial charge in [0.15, 0.2) is 0 Å². The van der Waals surface area contributed by atoms with Crippen LogP contribution in [0, 0.1) is 11.7 Å². The van der Waals surface area contributed by atoms with Gasteiger partial charge in [-0.15, -0.1) is 0 Å². The molecule has 0 aliphatic heterocycles. The fraction of sp³-hybridized carbons (Fsp3) is 0.667. The van der Waals surface area contributed by atoms with Crippen LogP contribution in [-0.2, 0) is 6.42 Å². The lowest BCUT2D eigenvalue weighted by Crippen LogP contribution is -2.38. The lowest BCUT2D eigenvalue weighted by molar-refractivity contribution is 0.285. The second-order valence-electron chi connectivity index (χ2n) is 6.21. The van der Waals surface area contributed by atoms with Gasteiger partial charge in [0.05, 0.1) is 0 Å². The van der Waals surface area contributed by atoms with Crippen molar-refractivity contribution in [2.45, 2.75) is 64.3 Å². The van der Waals surface area contributed by atoms with Crippen LogP contribution >= 0.6 is 15.9 Å². The highest BCUT2D eigenvalue weighted by Gasteiger charge is 2.22. The fourth-order valence-electron chi connectivity index (χ4n) is 3.49. The van der Waals surface area contributed by atoms with Gasteiger partial charge in [0.2, 0.25) is 0 Å². The highest BCUT2D eigenvalue weighted by Crippen LogP contribution is 2.28. The molecular weight excluding hydrogens is 329 g/mol. The molecule has 3 heteroatoms. The van der Waals surface area contributed by atoms with E-state index in [1.165, 1.54) is 51.0 Å². The maximum atomic E-state index is 13.5. The van der Waals surface area contributed by atoms with Gasteiger partial charge in [-0.25, -0.2) is 4.39 Å². The van der Waals surface area contributed by atoms with E-state index in [-0.39, 0.29) is 5.82 Å². The lowest BCUT2D eigenvalue weighted by atomic mass is 9.83. The van der Waals surface area contributed by atoms with Gasteiger partial charge in [-0.2, -0.15) is 0 Å². The second-order valence-corrected chi connectivity index (χ2v) is 7.06. The molecule has 1 atom stereocenters. The summed E-state index contributed by atoms with van der Waals surface area (Å²) in [5.74, 6) is 0.585. The first-order valence-electron chi connectivity index (χ1n) is 8.38. The van der Waals surface area contributed by atoms with Gasteiger partial charge in [-0.1, -0.05) is 55.0 Å². The number of benzene rings is 1. The van der Waals surface area contributed by atoms with Crippen molar-refractivity contribution >= 4 is 15.9 Å². The first-order valence-corrected chi connectivity index (χ1v) is 9.17. The summed E-state index contributed by atoms with van der Waals surface area (Å²) in [7, 11) is 0. The molecule has 0 spiro atoms. The molecule has 118 valence electrons. The summed E-state index contributed by atoms with van der Waals surface area (Å²) in [6, 6.07) is 5.49. The molecular formula is C18H27BrFN. The van der Waals surface area contributed by atoms with Crippen LogP contribution in [0.25, 0.3) is 0 Å². The van der Waals surface area contributed by atoms with Gasteiger partial charge in [0, 0.05) is 10.5 Å². The van der Waals surface area contributed by atoms with Crippen LogP contribution < -0.4 is 5.32 Å². The molecule has 1 unspecified atom stereocenters. The highest BCUT2D eigenvalue weighted by molar-refractivity contribution is 9.10. The minimum atomic E-state index is -0.138. The van der Waals surface area contributed by atoms with Crippen LogP contribution in [0.3, 0.4) is 0 Å². The predicted octanol–water partition coefficient (Wildman–Crippen LogP) is 5.47. The Balaban J connectivity index is 2.07.